The fourth-order valence-corrected chi connectivity index (χ4v) is 3.86. The molecule has 0 spiro atoms. The molecule has 0 aromatic heterocycles. The number of fused-ring (bicyclic) bond motifs is 1. The van der Waals surface area contributed by atoms with Gasteiger partial charge in [0, 0.05) is 6.04 Å². The van der Waals surface area contributed by atoms with Gasteiger partial charge in [0.15, 0.2) is 11.5 Å². The fourth-order valence-electron chi connectivity index (χ4n) is 3.86. The monoisotopic (exact) mass is 275 g/mol. The molecule has 3 heteroatoms. The molecule has 3 nitrogen and oxygen atoms in total. The Bertz CT molecular complexity index is 464. The van der Waals surface area contributed by atoms with Crippen molar-refractivity contribution in [3.8, 4) is 11.5 Å². The Hall–Kier alpha value is -1.22. The summed E-state index contributed by atoms with van der Waals surface area (Å²) in [5.74, 6) is 4.56. The zero-order valence-electron chi connectivity index (χ0n) is 12.7. The lowest BCUT2D eigenvalue weighted by atomic mass is 9.89. The van der Waals surface area contributed by atoms with Crippen molar-refractivity contribution < 1.29 is 9.47 Å². The normalized spacial score (nSPS) is 28.9. The van der Waals surface area contributed by atoms with Gasteiger partial charge in [-0.15, -0.1) is 0 Å². The molecule has 1 aromatic carbocycles. The molecule has 2 fully saturated rings. The number of rotatable bonds is 6. The van der Waals surface area contributed by atoms with Crippen LogP contribution in [0.25, 0.3) is 0 Å². The number of ether oxygens (including phenoxy) is 2. The van der Waals surface area contributed by atoms with Gasteiger partial charge in [-0.3, -0.25) is 0 Å². The van der Waals surface area contributed by atoms with Gasteiger partial charge in [0.25, 0.3) is 0 Å². The van der Waals surface area contributed by atoms with Crippen LogP contribution in [0.3, 0.4) is 0 Å². The van der Waals surface area contributed by atoms with E-state index in [1.54, 1.807) is 14.2 Å². The van der Waals surface area contributed by atoms with E-state index in [-0.39, 0.29) is 0 Å². The molecule has 0 heterocycles. The molecule has 1 aromatic rings. The minimum Gasteiger partial charge on any atom is -0.493 e. The van der Waals surface area contributed by atoms with Gasteiger partial charge in [-0.25, -0.2) is 0 Å². The smallest absolute Gasteiger partial charge is 0.160 e. The van der Waals surface area contributed by atoms with E-state index < -0.39 is 0 Å². The van der Waals surface area contributed by atoms with Crippen molar-refractivity contribution in [1.29, 1.82) is 0 Å². The molecule has 20 heavy (non-hydrogen) atoms. The minimum atomic E-state index is 0.584. The lowest BCUT2D eigenvalue weighted by Crippen LogP contribution is -2.35. The second kappa shape index (κ2) is 5.65. The largest absolute Gasteiger partial charge is 0.493 e. The van der Waals surface area contributed by atoms with Crippen molar-refractivity contribution in [2.45, 2.75) is 31.7 Å². The van der Waals surface area contributed by atoms with Crippen LogP contribution in [0.4, 0.5) is 0 Å². The molecule has 0 saturated heterocycles. The van der Waals surface area contributed by atoms with Crippen LogP contribution in [0.15, 0.2) is 18.2 Å². The number of hydrogen-bond donors (Lipinski definition) is 1. The average molecular weight is 275 g/mol. The Balaban J connectivity index is 1.68. The molecule has 1 N–H and O–H groups in total. The van der Waals surface area contributed by atoms with Crippen LogP contribution in [0.5, 0.6) is 11.5 Å². The molecule has 2 saturated carbocycles. The Morgan fingerprint density at radius 2 is 1.80 bits per heavy atom. The zero-order valence-corrected chi connectivity index (χ0v) is 12.7. The number of nitrogens with one attached hydrogen (secondary N) is 1. The highest BCUT2D eigenvalue weighted by molar-refractivity contribution is 5.43. The highest BCUT2D eigenvalue weighted by atomic mass is 16.5. The number of likely N-dealkylation sites (N-methyl/N-ethyl adjacent to an activating group) is 1. The third kappa shape index (κ3) is 2.64. The van der Waals surface area contributed by atoms with E-state index in [0.717, 1.165) is 35.7 Å². The molecule has 3 rings (SSSR count). The topological polar surface area (TPSA) is 30.5 Å². The van der Waals surface area contributed by atoms with E-state index in [1.165, 1.54) is 24.8 Å². The standard InChI is InChI=1S/C17H25NO2/c1-18-15(14-9-12-8-13(12)10-14)6-11-4-5-16(19-2)17(7-11)20-3/h4-5,7,12-15,18H,6,8-10H2,1-3H3. The van der Waals surface area contributed by atoms with Crippen molar-refractivity contribution in [2.24, 2.45) is 17.8 Å². The fraction of sp³-hybridized carbons (Fsp3) is 0.647. The lowest BCUT2D eigenvalue weighted by molar-refractivity contribution is 0.344. The van der Waals surface area contributed by atoms with Gasteiger partial charge >= 0.3 is 0 Å². The van der Waals surface area contributed by atoms with Crippen LogP contribution < -0.4 is 14.8 Å². The number of methoxy groups -OCH3 is 2. The Morgan fingerprint density at radius 1 is 1.10 bits per heavy atom. The van der Waals surface area contributed by atoms with E-state index in [9.17, 15) is 0 Å². The molecule has 0 bridgehead atoms. The highest BCUT2D eigenvalue weighted by Gasteiger charge is 2.47. The molecule has 110 valence electrons. The van der Waals surface area contributed by atoms with Crippen molar-refractivity contribution in [3.63, 3.8) is 0 Å². The van der Waals surface area contributed by atoms with E-state index in [1.807, 2.05) is 6.07 Å². The molecule has 3 unspecified atom stereocenters. The molecule has 0 aliphatic heterocycles. The first kappa shape index (κ1) is 13.7. The van der Waals surface area contributed by atoms with Gasteiger partial charge in [0.05, 0.1) is 14.2 Å². The highest BCUT2D eigenvalue weighted by Crippen LogP contribution is 2.55. The van der Waals surface area contributed by atoms with Gasteiger partial charge in [0.2, 0.25) is 0 Å². The van der Waals surface area contributed by atoms with Crippen LogP contribution in [-0.2, 0) is 6.42 Å². The summed E-state index contributed by atoms with van der Waals surface area (Å²) < 4.78 is 10.7. The summed E-state index contributed by atoms with van der Waals surface area (Å²) in [5.41, 5.74) is 1.32. The maximum Gasteiger partial charge on any atom is 0.160 e. The first-order valence-electron chi connectivity index (χ1n) is 7.63. The molecule has 2 aliphatic carbocycles. The summed E-state index contributed by atoms with van der Waals surface area (Å²) in [6.45, 7) is 0. The van der Waals surface area contributed by atoms with Gasteiger partial charge in [-0.05, 0) is 68.2 Å². The predicted octanol–water partition coefficient (Wildman–Crippen LogP) is 2.88. The van der Waals surface area contributed by atoms with Crippen molar-refractivity contribution in [2.75, 3.05) is 21.3 Å². The second-order valence-electron chi connectivity index (χ2n) is 6.28. The third-order valence-electron chi connectivity index (χ3n) is 5.12. The second-order valence-corrected chi connectivity index (χ2v) is 6.28. The Labute approximate surface area is 121 Å². The summed E-state index contributed by atoms with van der Waals surface area (Å²) in [4.78, 5) is 0. The molecule has 3 atom stereocenters. The van der Waals surface area contributed by atoms with Gasteiger partial charge < -0.3 is 14.8 Å². The van der Waals surface area contributed by atoms with Crippen molar-refractivity contribution in [3.05, 3.63) is 23.8 Å². The quantitative estimate of drug-likeness (QED) is 0.866. The molecule has 0 radical (unpaired) electrons. The van der Waals surface area contributed by atoms with Gasteiger partial charge in [0.1, 0.15) is 0 Å². The van der Waals surface area contributed by atoms with Crippen LogP contribution in [0.1, 0.15) is 24.8 Å². The van der Waals surface area contributed by atoms with E-state index in [2.05, 4.69) is 24.5 Å². The SMILES string of the molecule is CNC(Cc1ccc(OC)c(OC)c1)C1CC2CC2C1. The number of hydrogen-bond acceptors (Lipinski definition) is 3. The van der Waals surface area contributed by atoms with Gasteiger partial charge in [-0.2, -0.15) is 0 Å². The number of benzene rings is 1. The van der Waals surface area contributed by atoms with Crippen molar-refractivity contribution in [1.82, 2.24) is 5.32 Å². The van der Waals surface area contributed by atoms with E-state index in [4.69, 9.17) is 9.47 Å². The average Bonchev–Trinajstić information content (AvgIpc) is 3.10. The maximum atomic E-state index is 5.40. The third-order valence-corrected chi connectivity index (χ3v) is 5.12. The van der Waals surface area contributed by atoms with Crippen LogP contribution >= 0.6 is 0 Å². The van der Waals surface area contributed by atoms with Crippen LogP contribution in [-0.4, -0.2) is 27.3 Å². The predicted molar refractivity (Wildman–Crippen MR) is 80.4 cm³/mol. The van der Waals surface area contributed by atoms with E-state index >= 15 is 0 Å². The van der Waals surface area contributed by atoms with Crippen LogP contribution in [0.2, 0.25) is 0 Å². The molecule has 2 aliphatic rings. The summed E-state index contributed by atoms with van der Waals surface area (Å²) >= 11 is 0. The summed E-state index contributed by atoms with van der Waals surface area (Å²) in [6, 6.07) is 6.86. The minimum absolute atomic E-state index is 0.584. The van der Waals surface area contributed by atoms with Crippen molar-refractivity contribution >= 4 is 0 Å². The van der Waals surface area contributed by atoms with E-state index in [0.29, 0.717) is 6.04 Å². The first-order chi connectivity index (χ1) is 9.75. The van der Waals surface area contributed by atoms with Crippen LogP contribution in [0, 0.1) is 17.8 Å². The molecule has 0 amide bonds. The Morgan fingerprint density at radius 3 is 2.40 bits per heavy atom. The summed E-state index contributed by atoms with van der Waals surface area (Å²) in [6.07, 6.45) is 5.40. The Kier molecular flexibility index (Phi) is 3.88. The maximum absolute atomic E-state index is 5.40. The first-order valence-corrected chi connectivity index (χ1v) is 7.63. The summed E-state index contributed by atoms with van der Waals surface area (Å²) in [5, 5.41) is 3.53. The summed E-state index contributed by atoms with van der Waals surface area (Å²) in [7, 11) is 5.47. The van der Waals surface area contributed by atoms with Gasteiger partial charge in [-0.1, -0.05) is 6.07 Å². The zero-order chi connectivity index (χ0) is 14.1. The molecular weight excluding hydrogens is 250 g/mol. The molecular formula is C17H25NO2. The lowest BCUT2D eigenvalue weighted by Gasteiger charge is -2.24.